The molecular weight excluding hydrogens is 382 g/mol. The molecule has 0 aliphatic rings. The second-order valence-corrected chi connectivity index (χ2v) is 11.9. The van der Waals surface area contributed by atoms with Gasteiger partial charge in [-0.1, -0.05) is 36.4 Å². The predicted octanol–water partition coefficient (Wildman–Crippen LogP) is 4.88. The maximum Gasteiger partial charge on any atom is 0.565 e. The molecule has 0 unspecified atom stereocenters. The first-order valence-electron chi connectivity index (χ1n) is 8.46. The minimum atomic E-state index is -3.90. The van der Waals surface area contributed by atoms with Gasteiger partial charge in [0, 0.05) is 0 Å². The van der Waals surface area contributed by atoms with Gasteiger partial charge < -0.3 is 9.05 Å². The zero-order chi connectivity index (χ0) is 20.1. The van der Waals surface area contributed by atoms with Gasteiger partial charge in [-0.25, -0.2) is 4.57 Å². The van der Waals surface area contributed by atoms with E-state index in [0.29, 0.717) is 11.5 Å². The van der Waals surface area contributed by atoms with E-state index >= 15 is 0 Å². The summed E-state index contributed by atoms with van der Waals surface area (Å²) >= 11 is 0. The van der Waals surface area contributed by atoms with E-state index in [9.17, 15) is 4.57 Å². The Morgan fingerprint density at radius 2 is 1.00 bits per heavy atom. The molecule has 2 rings (SSSR count). The molecule has 148 valence electrons. The summed E-state index contributed by atoms with van der Waals surface area (Å²) in [6, 6.07) is 17.9. The standard InChI is InChI=1S/C18H28N4O3P2/c1-20(2)26(21(3)4,22(5)6)19-27(23,24-17-13-9-7-10-14-17)25-18-15-11-8-12-16-18/h7-16H,1-6H3. The molecule has 0 spiro atoms. The Bertz CT molecular complexity index is 753. The highest BCUT2D eigenvalue weighted by Gasteiger charge is 2.38. The fourth-order valence-corrected chi connectivity index (χ4v) is 9.09. The summed E-state index contributed by atoms with van der Waals surface area (Å²) < 4.78 is 36.1. The van der Waals surface area contributed by atoms with Crippen molar-refractivity contribution in [1.29, 1.82) is 0 Å². The van der Waals surface area contributed by atoms with Crippen LogP contribution in [0.2, 0.25) is 0 Å². The Morgan fingerprint density at radius 1 is 0.667 bits per heavy atom. The quantitative estimate of drug-likeness (QED) is 0.578. The highest BCUT2D eigenvalue weighted by Crippen LogP contribution is 2.65. The third-order valence-electron chi connectivity index (χ3n) is 3.77. The number of rotatable bonds is 8. The van der Waals surface area contributed by atoms with E-state index in [1.54, 1.807) is 24.3 Å². The Kier molecular flexibility index (Phi) is 7.26. The maximum absolute atomic E-state index is 13.8. The lowest BCUT2D eigenvalue weighted by molar-refractivity contribution is 0.385. The average Bonchev–Trinajstić information content (AvgIpc) is 2.60. The van der Waals surface area contributed by atoms with E-state index in [2.05, 4.69) is 0 Å². The summed E-state index contributed by atoms with van der Waals surface area (Å²) in [5, 5.41) is 0. The predicted molar refractivity (Wildman–Crippen MR) is 112 cm³/mol. The summed E-state index contributed by atoms with van der Waals surface area (Å²) in [6.45, 7) is 0. The van der Waals surface area contributed by atoms with E-state index in [0.717, 1.165) is 0 Å². The van der Waals surface area contributed by atoms with Crippen molar-refractivity contribution < 1.29 is 13.6 Å². The van der Waals surface area contributed by atoms with E-state index in [4.69, 9.17) is 13.6 Å². The van der Waals surface area contributed by atoms with Gasteiger partial charge in [-0.05, 0) is 66.6 Å². The zero-order valence-corrected chi connectivity index (χ0v) is 18.5. The molecule has 0 bridgehead atoms. The lowest BCUT2D eigenvalue weighted by atomic mass is 10.3. The molecule has 0 aliphatic heterocycles. The minimum absolute atomic E-state index is 0.440. The van der Waals surface area contributed by atoms with Gasteiger partial charge in [0.15, 0.2) is 7.51 Å². The molecule has 0 fully saturated rings. The molecule has 2 aromatic carbocycles. The van der Waals surface area contributed by atoms with Crippen LogP contribution in [-0.4, -0.2) is 56.3 Å². The fraction of sp³-hybridized carbons (Fsp3) is 0.333. The maximum atomic E-state index is 13.8. The Hall–Kier alpha value is -1.62. The van der Waals surface area contributed by atoms with Crippen molar-refractivity contribution in [2.45, 2.75) is 0 Å². The summed E-state index contributed by atoms with van der Waals surface area (Å²) in [7, 11) is 5.06. The van der Waals surface area contributed by atoms with Crippen molar-refractivity contribution in [3.05, 3.63) is 60.7 Å². The Labute approximate surface area is 162 Å². The smallest absolute Gasteiger partial charge is 0.399 e. The van der Waals surface area contributed by atoms with Gasteiger partial charge in [0.1, 0.15) is 11.5 Å². The van der Waals surface area contributed by atoms with Crippen molar-refractivity contribution >= 4 is 15.3 Å². The van der Waals surface area contributed by atoms with Gasteiger partial charge in [0.05, 0.1) is 0 Å². The number of nitrogens with zero attached hydrogens (tertiary/aromatic N) is 4. The SMILES string of the molecule is CN(C)P(=NP(=O)(Oc1ccccc1)Oc1ccccc1)(N(C)C)N(C)C. The topological polar surface area (TPSA) is 57.6 Å². The van der Waals surface area contributed by atoms with Gasteiger partial charge in [-0.3, -0.25) is 14.0 Å². The van der Waals surface area contributed by atoms with Gasteiger partial charge >= 0.3 is 7.75 Å². The molecule has 0 amide bonds. The molecule has 0 saturated carbocycles. The van der Waals surface area contributed by atoms with Crippen LogP contribution in [0.25, 0.3) is 0 Å². The van der Waals surface area contributed by atoms with E-state index in [1.165, 1.54) is 0 Å². The van der Waals surface area contributed by atoms with Crippen molar-refractivity contribution in [2.24, 2.45) is 4.52 Å². The molecule has 27 heavy (non-hydrogen) atoms. The molecular formula is C18H28N4O3P2. The van der Waals surface area contributed by atoms with Crippen LogP contribution in [-0.2, 0) is 4.57 Å². The van der Waals surface area contributed by atoms with Gasteiger partial charge in [-0.2, -0.15) is 0 Å². The zero-order valence-electron chi connectivity index (χ0n) is 16.7. The highest BCUT2D eigenvalue weighted by molar-refractivity contribution is 7.68. The third kappa shape index (κ3) is 5.22. The summed E-state index contributed by atoms with van der Waals surface area (Å²) in [4.78, 5) is 0. The molecule has 2 aromatic rings. The first kappa shape index (κ1) is 21.7. The van der Waals surface area contributed by atoms with Crippen molar-refractivity contribution in [1.82, 2.24) is 14.0 Å². The largest absolute Gasteiger partial charge is 0.565 e. The second kappa shape index (κ2) is 9.05. The van der Waals surface area contributed by atoms with Crippen LogP contribution in [0.3, 0.4) is 0 Å². The monoisotopic (exact) mass is 410 g/mol. The number of benzene rings is 2. The van der Waals surface area contributed by atoms with E-state index < -0.39 is 15.3 Å². The fourth-order valence-electron chi connectivity index (χ4n) is 2.74. The van der Waals surface area contributed by atoms with Crippen LogP contribution in [0.1, 0.15) is 0 Å². The average molecular weight is 410 g/mol. The molecule has 0 aromatic heterocycles. The summed E-state index contributed by atoms with van der Waals surface area (Å²) in [5.74, 6) is 0.879. The number of para-hydroxylation sites is 2. The second-order valence-electron chi connectivity index (χ2n) is 6.44. The van der Waals surface area contributed by atoms with Crippen LogP contribution >= 0.6 is 15.3 Å². The number of hydrogen-bond donors (Lipinski definition) is 0. The van der Waals surface area contributed by atoms with Crippen molar-refractivity contribution in [3.8, 4) is 11.5 Å². The Morgan fingerprint density at radius 3 is 1.30 bits per heavy atom. The van der Waals surface area contributed by atoms with Gasteiger partial charge in [-0.15, -0.1) is 4.52 Å². The van der Waals surface area contributed by atoms with Gasteiger partial charge in [0.2, 0.25) is 0 Å². The van der Waals surface area contributed by atoms with Gasteiger partial charge in [0.25, 0.3) is 0 Å². The molecule has 7 nitrogen and oxygen atoms in total. The molecule has 0 aliphatic carbocycles. The molecule has 9 heteroatoms. The van der Waals surface area contributed by atoms with Crippen LogP contribution in [0.15, 0.2) is 65.2 Å². The van der Waals surface area contributed by atoms with Crippen molar-refractivity contribution in [3.63, 3.8) is 0 Å². The molecule has 0 atom stereocenters. The lowest BCUT2D eigenvalue weighted by Gasteiger charge is -2.41. The molecule has 0 radical (unpaired) electrons. The normalized spacial score (nSPS) is 12.5. The summed E-state index contributed by atoms with van der Waals surface area (Å²) in [6.07, 6.45) is 0. The van der Waals surface area contributed by atoms with Crippen LogP contribution < -0.4 is 9.05 Å². The molecule has 0 heterocycles. The highest BCUT2D eigenvalue weighted by atomic mass is 31.2. The third-order valence-corrected chi connectivity index (χ3v) is 9.71. The van der Waals surface area contributed by atoms with E-state index in [1.807, 2.05) is 92.7 Å². The Balaban J connectivity index is 2.61. The first-order chi connectivity index (χ1) is 12.7. The minimum Gasteiger partial charge on any atom is -0.399 e. The lowest BCUT2D eigenvalue weighted by Crippen LogP contribution is -2.30. The first-order valence-corrected chi connectivity index (χ1v) is 11.6. The molecule has 0 saturated heterocycles. The number of hydrogen-bond acceptors (Lipinski definition) is 3. The van der Waals surface area contributed by atoms with Crippen LogP contribution in [0, 0.1) is 0 Å². The van der Waals surface area contributed by atoms with Crippen LogP contribution in [0.5, 0.6) is 11.5 Å². The van der Waals surface area contributed by atoms with Crippen LogP contribution in [0.4, 0.5) is 0 Å². The van der Waals surface area contributed by atoms with E-state index in [-0.39, 0.29) is 0 Å². The molecule has 0 N–H and O–H groups in total. The summed E-state index contributed by atoms with van der Waals surface area (Å²) in [5.41, 5.74) is 0. The van der Waals surface area contributed by atoms with Crippen molar-refractivity contribution in [2.75, 3.05) is 42.3 Å².